The predicted molar refractivity (Wildman–Crippen MR) is 104 cm³/mol. The fourth-order valence-electron chi connectivity index (χ4n) is 2.53. The molecule has 0 atom stereocenters. The van der Waals surface area contributed by atoms with E-state index >= 15 is 0 Å². The molecular weight excluding hydrogens is 334 g/mol. The Kier molecular flexibility index (Phi) is 5.60. The highest BCUT2D eigenvalue weighted by atomic mass is 32.2. The van der Waals surface area contributed by atoms with Crippen molar-refractivity contribution in [1.82, 2.24) is 5.01 Å². The molecular formula is C19H21N3O2S. The Balaban J connectivity index is 1.76. The largest absolute Gasteiger partial charge is 0.493 e. The molecule has 0 unspecified atom stereocenters. The van der Waals surface area contributed by atoms with E-state index in [4.69, 9.17) is 9.47 Å². The maximum absolute atomic E-state index is 5.38. The van der Waals surface area contributed by atoms with Crippen molar-refractivity contribution in [3.63, 3.8) is 0 Å². The van der Waals surface area contributed by atoms with Crippen LogP contribution in [0, 0.1) is 0 Å². The van der Waals surface area contributed by atoms with Crippen LogP contribution in [-0.2, 0) is 6.54 Å². The minimum Gasteiger partial charge on any atom is -0.493 e. The van der Waals surface area contributed by atoms with Gasteiger partial charge in [0.1, 0.15) is 0 Å². The number of hydrogen-bond acceptors (Lipinski definition) is 5. The molecule has 1 heterocycles. The van der Waals surface area contributed by atoms with Gasteiger partial charge in [0.2, 0.25) is 0 Å². The first kappa shape index (κ1) is 17.4. The second kappa shape index (κ2) is 8.07. The Morgan fingerprint density at radius 1 is 1.08 bits per heavy atom. The van der Waals surface area contributed by atoms with Crippen molar-refractivity contribution in [2.24, 2.45) is 10.1 Å². The Labute approximate surface area is 152 Å². The van der Waals surface area contributed by atoms with Gasteiger partial charge in [0, 0.05) is 18.4 Å². The fraction of sp³-hybridized carbons (Fsp3) is 0.263. The first-order valence-electron chi connectivity index (χ1n) is 7.96. The van der Waals surface area contributed by atoms with Crippen molar-refractivity contribution in [3.8, 4) is 11.5 Å². The van der Waals surface area contributed by atoms with Crippen LogP contribution in [0.2, 0.25) is 0 Å². The van der Waals surface area contributed by atoms with Crippen LogP contribution in [0.4, 0.5) is 0 Å². The summed E-state index contributed by atoms with van der Waals surface area (Å²) < 4.78 is 10.7. The van der Waals surface area contributed by atoms with Gasteiger partial charge in [0.05, 0.1) is 26.5 Å². The molecule has 0 aromatic heterocycles. The molecule has 0 saturated carbocycles. The molecule has 2 aromatic carbocycles. The van der Waals surface area contributed by atoms with E-state index in [1.165, 1.54) is 5.56 Å². The van der Waals surface area contributed by atoms with Gasteiger partial charge in [0.25, 0.3) is 0 Å². The van der Waals surface area contributed by atoms with Crippen LogP contribution in [0.15, 0.2) is 58.6 Å². The maximum Gasteiger partial charge on any atom is 0.180 e. The van der Waals surface area contributed by atoms with E-state index in [9.17, 15) is 0 Å². The summed E-state index contributed by atoms with van der Waals surface area (Å²) in [6.45, 7) is 0.661. The molecule has 2 aromatic rings. The highest BCUT2D eigenvalue weighted by Gasteiger charge is 2.18. The topological polar surface area (TPSA) is 46.4 Å². The summed E-state index contributed by atoms with van der Waals surface area (Å²) >= 11 is 1.69. The van der Waals surface area contributed by atoms with Gasteiger partial charge >= 0.3 is 0 Å². The lowest BCUT2D eigenvalue weighted by Gasteiger charge is -2.23. The van der Waals surface area contributed by atoms with Crippen molar-refractivity contribution in [2.45, 2.75) is 6.54 Å². The van der Waals surface area contributed by atoms with Crippen LogP contribution in [0.5, 0.6) is 11.5 Å². The van der Waals surface area contributed by atoms with Gasteiger partial charge in [-0.3, -0.25) is 4.99 Å². The summed E-state index contributed by atoms with van der Waals surface area (Å²) in [6.07, 6.45) is 0. The zero-order valence-corrected chi connectivity index (χ0v) is 15.4. The quantitative estimate of drug-likeness (QED) is 0.821. The van der Waals surface area contributed by atoms with Crippen molar-refractivity contribution < 1.29 is 9.47 Å². The normalized spacial score (nSPS) is 15.9. The van der Waals surface area contributed by atoms with Crippen molar-refractivity contribution in [2.75, 3.05) is 27.0 Å². The number of hydrogen-bond donors (Lipinski definition) is 0. The summed E-state index contributed by atoms with van der Waals surface area (Å²) in [7, 11) is 5.20. The molecule has 0 bridgehead atoms. The summed E-state index contributed by atoms with van der Waals surface area (Å²) in [4.78, 5) is 4.68. The lowest BCUT2D eigenvalue weighted by Crippen LogP contribution is -2.27. The highest BCUT2D eigenvalue weighted by molar-refractivity contribution is 8.14. The van der Waals surface area contributed by atoms with Crippen LogP contribution < -0.4 is 9.47 Å². The zero-order valence-electron chi connectivity index (χ0n) is 14.6. The van der Waals surface area contributed by atoms with E-state index in [0.29, 0.717) is 18.0 Å². The van der Waals surface area contributed by atoms with E-state index in [1.54, 1.807) is 26.0 Å². The maximum atomic E-state index is 5.38. The van der Waals surface area contributed by atoms with E-state index in [0.717, 1.165) is 22.2 Å². The lowest BCUT2D eigenvalue weighted by molar-refractivity contribution is 0.355. The van der Waals surface area contributed by atoms with Crippen LogP contribution in [0.1, 0.15) is 11.1 Å². The third kappa shape index (κ3) is 4.14. The third-order valence-corrected chi connectivity index (χ3v) is 4.91. The molecule has 6 heteroatoms. The molecule has 0 amide bonds. The number of hydrazone groups is 1. The second-order valence-corrected chi connectivity index (χ2v) is 6.46. The third-order valence-electron chi connectivity index (χ3n) is 3.84. The summed E-state index contributed by atoms with van der Waals surface area (Å²) in [5, 5.41) is 7.44. The molecule has 1 aliphatic heterocycles. The molecule has 0 spiro atoms. The average Bonchev–Trinajstić information content (AvgIpc) is 2.67. The second-order valence-electron chi connectivity index (χ2n) is 5.51. The fourth-order valence-corrected chi connectivity index (χ4v) is 3.40. The van der Waals surface area contributed by atoms with Gasteiger partial charge < -0.3 is 9.47 Å². The zero-order chi connectivity index (χ0) is 17.6. The summed E-state index contributed by atoms with van der Waals surface area (Å²) in [5.41, 5.74) is 3.21. The molecule has 130 valence electrons. The molecule has 1 aliphatic rings. The van der Waals surface area contributed by atoms with Gasteiger partial charge in [0.15, 0.2) is 16.7 Å². The number of aliphatic imine (C=N–C) groups is 1. The van der Waals surface area contributed by atoms with E-state index < -0.39 is 0 Å². The van der Waals surface area contributed by atoms with E-state index in [-0.39, 0.29) is 0 Å². The van der Waals surface area contributed by atoms with E-state index in [1.807, 2.05) is 48.5 Å². The molecule has 5 nitrogen and oxygen atoms in total. The minimum absolute atomic E-state index is 0.661. The number of benzene rings is 2. The van der Waals surface area contributed by atoms with Gasteiger partial charge in [-0.2, -0.15) is 5.10 Å². The first-order chi connectivity index (χ1) is 12.2. The monoisotopic (exact) mass is 355 g/mol. The number of ether oxygens (including phenoxy) is 2. The van der Waals surface area contributed by atoms with Crippen LogP contribution in [-0.4, -0.2) is 42.9 Å². The van der Waals surface area contributed by atoms with Crippen LogP contribution in [0.3, 0.4) is 0 Å². The van der Waals surface area contributed by atoms with E-state index in [2.05, 4.69) is 22.2 Å². The molecule has 25 heavy (non-hydrogen) atoms. The smallest absolute Gasteiger partial charge is 0.180 e. The van der Waals surface area contributed by atoms with Gasteiger partial charge in [-0.25, -0.2) is 5.01 Å². The summed E-state index contributed by atoms with van der Waals surface area (Å²) in [5.74, 6) is 2.20. The molecule has 0 aliphatic carbocycles. The summed E-state index contributed by atoms with van der Waals surface area (Å²) in [6, 6.07) is 16.1. The Bertz CT molecular complexity index is 791. The molecule has 3 rings (SSSR count). The minimum atomic E-state index is 0.661. The Hall–Kier alpha value is -2.47. The molecule has 0 fully saturated rings. The van der Waals surface area contributed by atoms with Gasteiger partial charge in [-0.1, -0.05) is 42.1 Å². The van der Waals surface area contributed by atoms with Crippen LogP contribution in [0.25, 0.3) is 0 Å². The predicted octanol–water partition coefficient (Wildman–Crippen LogP) is 3.64. The van der Waals surface area contributed by atoms with Crippen molar-refractivity contribution in [3.05, 3.63) is 59.7 Å². The Morgan fingerprint density at radius 2 is 1.84 bits per heavy atom. The molecule has 0 N–H and O–H groups in total. The number of methoxy groups -OCH3 is 2. The number of amidine groups is 1. The van der Waals surface area contributed by atoms with Crippen LogP contribution >= 0.6 is 11.8 Å². The first-order valence-corrected chi connectivity index (χ1v) is 8.94. The van der Waals surface area contributed by atoms with Gasteiger partial charge in [-0.05, 0) is 23.8 Å². The molecule has 0 saturated heterocycles. The van der Waals surface area contributed by atoms with Gasteiger partial charge in [-0.15, -0.1) is 0 Å². The average molecular weight is 355 g/mol. The Morgan fingerprint density at radius 3 is 2.52 bits per heavy atom. The number of thioether (sulfide) groups is 1. The lowest BCUT2D eigenvalue weighted by atomic mass is 10.1. The van der Waals surface area contributed by atoms with Crippen molar-refractivity contribution >= 4 is 22.6 Å². The van der Waals surface area contributed by atoms with Crippen molar-refractivity contribution in [1.29, 1.82) is 0 Å². The number of rotatable bonds is 5. The standard InChI is InChI=1S/C19H21N3O2S/c1-22-19(20-12-14-7-5-4-6-8-14)25-13-16(21-22)15-9-10-17(23-2)18(11-15)24-3/h4-11H,12-13H2,1-3H3. The highest BCUT2D eigenvalue weighted by Crippen LogP contribution is 2.29. The molecule has 0 radical (unpaired) electrons. The number of nitrogens with zero attached hydrogens (tertiary/aromatic N) is 3. The SMILES string of the molecule is COc1ccc(C2=NN(C)C(=NCc3ccccc3)SC2)cc1OC.